The molecule has 0 unspecified atom stereocenters. The summed E-state index contributed by atoms with van der Waals surface area (Å²) < 4.78 is 0. The van der Waals surface area contributed by atoms with E-state index in [1.165, 1.54) is 0 Å². The Bertz CT molecular complexity index is 991. The predicted molar refractivity (Wildman–Crippen MR) is 111 cm³/mol. The summed E-state index contributed by atoms with van der Waals surface area (Å²) in [5.74, 6) is -0.427. The summed E-state index contributed by atoms with van der Waals surface area (Å²) in [6.45, 7) is 0. The lowest BCUT2D eigenvalue weighted by Crippen LogP contribution is -2.13. The third-order valence-electron chi connectivity index (χ3n) is 3.64. The van der Waals surface area contributed by atoms with Gasteiger partial charge >= 0.3 is 0 Å². The van der Waals surface area contributed by atoms with Gasteiger partial charge < -0.3 is 5.32 Å². The van der Waals surface area contributed by atoms with Gasteiger partial charge in [0.2, 0.25) is 0 Å². The summed E-state index contributed by atoms with van der Waals surface area (Å²) in [7, 11) is 0. The lowest BCUT2D eigenvalue weighted by atomic mass is 10.1. The van der Waals surface area contributed by atoms with Crippen molar-refractivity contribution < 1.29 is 4.79 Å². The SMILES string of the molecule is N#C/C(=C/c1ccc(Sc2ccc(Cl)cc2)cc1)C(=O)Nc1ccccc1. The zero-order chi connectivity index (χ0) is 19.1. The summed E-state index contributed by atoms with van der Waals surface area (Å²) in [5.41, 5.74) is 1.49. The van der Waals surface area contributed by atoms with E-state index in [2.05, 4.69) is 5.32 Å². The highest BCUT2D eigenvalue weighted by Gasteiger charge is 2.09. The molecule has 3 nitrogen and oxygen atoms in total. The van der Waals surface area contributed by atoms with Gasteiger partial charge in [-0.25, -0.2) is 0 Å². The molecule has 0 bridgehead atoms. The number of carbonyl (C=O) groups excluding carboxylic acids is 1. The quantitative estimate of drug-likeness (QED) is 0.427. The first-order valence-corrected chi connectivity index (χ1v) is 9.35. The van der Waals surface area contributed by atoms with Gasteiger partial charge in [0.1, 0.15) is 11.6 Å². The second-order valence-electron chi connectivity index (χ2n) is 5.61. The van der Waals surface area contributed by atoms with Crippen LogP contribution < -0.4 is 5.32 Å². The number of benzene rings is 3. The van der Waals surface area contributed by atoms with Gasteiger partial charge in [-0.2, -0.15) is 5.26 Å². The predicted octanol–water partition coefficient (Wildman–Crippen LogP) is 6.04. The van der Waals surface area contributed by atoms with Crippen LogP contribution >= 0.6 is 23.4 Å². The minimum Gasteiger partial charge on any atom is -0.321 e. The van der Waals surface area contributed by atoms with E-state index in [9.17, 15) is 10.1 Å². The molecule has 0 heterocycles. The van der Waals surface area contributed by atoms with Crippen LogP contribution in [0.1, 0.15) is 5.56 Å². The van der Waals surface area contributed by atoms with Crippen molar-refractivity contribution in [1.82, 2.24) is 0 Å². The number of hydrogen-bond acceptors (Lipinski definition) is 3. The van der Waals surface area contributed by atoms with Crippen molar-refractivity contribution in [3.05, 3.63) is 95.0 Å². The molecule has 0 aromatic heterocycles. The Balaban J connectivity index is 1.70. The van der Waals surface area contributed by atoms with Crippen molar-refractivity contribution in [2.75, 3.05) is 5.32 Å². The molecule has 1 N–H and O–H groups in total. The van der Waals surface area contributed by atoms with Crippen LogP contribution in [-0.2, 0) is 4.79 Å². The topological polar surface area (TPSA) is 52.9 Å². The number of hydrogen-bond donors (Lipinski definition) is 1. The summed E-state index contributed by atoms with van der Waals surface area (Å²) in [5, 5.41) is 12.7. The molecule has 0 radical (unpaired) electrons. The van der Waals surface area contributed by atoms with Crippen LogP contribution in [0, 0.1) is 11.3 Å². The highest BCUT2D eigenvalue weighted by molar-refractivity contribution is 7.99. The van der Waals surface area contributed by atoms with Crippen molar-refractivity contribution >= 4 is 41.0 Å². The molecule has 3 aromatic rings. The van der Waals surface area contributed by atoms with E-state index in [1.807, 2.05) is 72.8 Å². The minimum atomic E-state index is -0.427. The molecule has 5 heteroatoms. The second kappa shape index (κ2) is 9.09. The molecule has 0 saturated heterocycles. The van der Waals surface area contributed by atoms with Gasteiger partial charge in [-0.15, -0.1) is 0 Å². The fourth-order valence-electron chi connectivity index (χ4n) is 2.31. The number of nitrogens with one attached hydrogen (secondary N) is 1. The number of para-hydroxylation sites is 1. The van der Waals surface area contributed by atoms with Gasteiger partial charge in [0.05, 0.1) is 0 Å². The van der Waals surface area contributed by atoms with Crippen LogP contribution in [0.25, 0.3) is 6.08 Å². The zero-order valence-electron chi connectivity index (χ0n) is 14.2. The molecule has 3 rings (SSSR count). The monoisotopic (exact) mass is 390 g/mol. The van der Waals surface area contributed by atoms with Gasteiger partial charge in [0.15, 0.2) is 0 Å². The number of anilines is 1. The van der Waals surface area contributed by atoms with E-state index in [0.29, 0.717) is 10.7 Å². The van der Waals surface area contributed by atoms with E-state index in [1.54, 1.807) is 30.0 Å². The summed E-state index contributed by atoms with van der Waals surface area (Å²) in [6, 6.07) is 26.3. The molecule has 132 valence electrons. The zero-order valence-corrected chi connectivity index (χ0v) is 15.8. The first-order valence-electron chi connectivity index (χ1n) is 8.16. The molecule has 0 atom stereocenters. The third kappa shape index (κ3) is 5.49. The molecule has 27 heavy (non-hydrogen) atoms. The van der Waals surface area contributed by atoms with Crippen LogP contribution in [-0.4, -0.2) is 5.91 Å². The van der Waals surface area contributed by atoms with E-state index in [-0.39, 0.29) is 5.57 Å². The Hall–Kier alpha value is -3.00. The Morgan fingerprint density at radius 2 is 1.52 bits per heavy atom. The number of carbonyl (C=O) groups is 1. The van der Waals surface area contributed by atoms with Gasteiger partial charge in [0, 0.05) is 20.5 Å². The largest absolute Gasteiger partial charge is 0.321 e. The van der Waals surface area contributed by atoms with Crippen LogP contribution in [0.2, 0.25) is 5.02 Å². The lowest BCUT2D eigenvalue weighted by molar-refractivity contribution is -0.112. The van der Waals surface area contributed by atoms with E-state index in [4.69, 9.17) is 11.6 Å². The van der Waals surface area contributed by atoms with Gasteiger partial charge in [0.25, 0.3) is 5.91 Å². The van der Waals surface area contributed by atoms with Gasteiger partial charge in [-0.05, 0) is 60.2 Å². The number of amides is 1. The fraction of sp³-hybridized carbons (Fsp3) is 0. The lowest BCUT2D eigenvalue weighted by Gasteiger charge is -2.05. The highest BCUT2D eigenvalue weighted by Crippen LogP contribution is 2.29. The molecule has 0 aliphatic heterocycles. The van der Waals surface area contributed by atoms with Crippen LogP contribution in [0.3, 0.4) is 0 Å². The van der Waals surface area contributed by atoms with E-state index >= 15 is 0 Å². The number of rotatable bonds is 5. The minimum absolute atomic E-state index is 0.0527. The van der Waals surface area contributed by atoms with Crippen LogP contribution in [0.5, 0.6) is 0 Å². The molecule has 1 amide bonds. The Kier molecular flexibility index (Phi) is 6.32. The molecule has 0 aliphatic carbocycles. The first kappa shape index (κ1) is 18.8. The van der Waals surface area contributed by atoms with Crippen molar-refractivity contribution in [3.8, 4) is 6.07 Å². The number of nitriles is 1. The summed E-state index contributed by atoms with van der Waals surface area (Å²) in [4.78, 5) is 14.4. The highest BCUT2D eigenvalue weighted by atomic mass is 35.5. The normalized spacial score (nSPS) is 10.9. The molecular weight excluding hydrogens is 376 g/mol. The molecular formula is C22H15ClN2OS. The standard InChI is InChI=1S/C22H15ClN2OS/c23-18-8-12-21(13-9-18)27-20-10-6-16(7-11-20)14-17(15-24)22(26)25-19-4-2-1-3-5-19/h1-14H,(H,25,26)/b17-14-. The second-order valence-corrected chi connectivity index (χ2v) is 7.20. The smallest absolute Gasteiger partial charge is 0.266 e. The maximum atomic E-state index is 12.3. The van der Waals surface area contributed by atoms with Gasteiger partial charge in [-0.3, -0.25) is 4.79 Å². The fourth-order valence-corrected chi connectivity index (χ4v) is 3.25. The number of nitrogens with zero attached hydrogens (tertiary/aromatic N) is 1. The van der Waals surface area contributed by atoms with Crippen molar-refractivity contribution in [2.45, 2.75) is 9.79 Å². The molecule has 0 saturated carbocycles. The average molecular weight is 391 g/mol. The van der Waals surface area contributed by atoms with Crippen LogP contribution in [0.15, 0.2) is 94.2 Å². The summed E-state index contributed by atoms with van der Waals surface area (Å²) in [6.07, 6.45) is 1.58. The third-order valence-corrected chi connectivity index (χ3v) is 4.90. The average Bonchev–Trinajstić information content (AvgIpc) is 2.70. The van der Waals surface area contributed by atoms with Crippen LogP contribution in [0.4, 0.5) is 5.69 Å². The Labute approximate surface area is 167 Å². The first-order chi connectivity index (χ1) is 13.1. The number of halogens is 1. The Morgan fingerprint density at radius 1 is 0.926 bits per heavy atom. The maximum absolute atomic E-state index is 12.3. The van der Waals surface area contributed by atoms with Crippen molar-refractivity contribution in [3.63, 3.8) is 0 Å². The van der Waals surface area contributed by atoms with E-state index < -0.39 is 5.91 Å². The van der Waals surface area contributed by atoms with Crippen molar-refractivity contribution in [2.24, 2.45) is 0 Å². The molecule has 3 aromatic carbocycles. The van der Waals surface area contributed by atoms with Crippen molar-refractivity contribution in [1.29, 1.82) is 5.26 Å². The summed E-state index contributed by atoms with van der Waals surface area (Å²) >= 11 is 7.51. The molecule has 0 fully saturated rings. The van der Waals surface area contributed by atoms with Gasteiger partial charge in [-0.1, -0.05) is 53.7 Å². The van der Waals surface area contributed by atoms with E-state index in [0.717, 1.165) is 15.4 Å². The Morgan fingerprint density at radius 3 is 2.11 bits per heavy atom. The molecule has 0 spiro atoms. The maximum Gasteiger partial charge on any atom is 0.266 e. The molecule has 0 aliphatic rings.